The van der Waals surface area contributed by atoms with E-state index in [1.54, 1.807) is 13.0 Å². The number of nitrogens with zero attached hydrogens (tertiary/aromatic N) is 1. The van der Waals surface area contributed by atoms with Crippen LogP contribution in [0.1, 0.15) is 32.3 Å². The largest absolute Gasteiger partial charge is 0.463 e. The quantitative estimate of drug-likeness (QED) is 0.796. The molecule has 116 valence electrons. The van der Waals surface area contributed by atoms with Crippen molar-refractivity contribution >= 4 is 0 Å². The minimum atomic E-state index is -4.18. The van der Waals surface area contributed by atoms with Crippen LogP contribution < -0.4 is 5.32 Å². The second-order valence-electron chi connectivity index (χ2n) is 5.31. The Balaban J connectivity index is 2.45. The number of hydrogen-bond donors (Lipinski definition) is 1. The summed E-state index contributed by atoms with van der Waals surface area (Å²) in [6.07, 6.45) is -4.18. The molecule has 0 saturated carbocycles. The van der Waals surface area contributed by atoms with Crippen LogP contribution in [-0.4, -0.2) is 30.7 Å². The zero-order valence-electron chi connectivity index (χ0n) is 12.3. The van der Waals surface area contributed by atoms with Gasteiger partial charge in [-0.1, -0.05) is 20.8 Å². The van der Waals surface area contributed by atoms with Crippen LogP contribution >= 0.6 is 0 Å². The number of nitrogens with one attached hydrogen (secondary N) is 1. The number of furan rings is 1. The number of rotatable bonds is 8. The van der Waals surface area contributed by atoms with Gasteiger partial charge in [0.1, 0.15) is 11.5 Å². The third kappa shape index (κ3) is 6.96. The van der Waals surface area contributed by atoms with E-state index in [4.69, 9.17) is 4.42 Å². The maximum atomic E-state index is 12.4. The van der Waals surface area contributed by atoms with Crippen molar-refractivity contribution in [2.24, 2.45) is 5.92 Å². The molecule has 0 saturated heterocycles. The minimum absolute atomic E-state index is 0.181. The smallest absolute Gasteiger partial charge is 0.401 e. The lowest BCUT2D eigenvalue weighted by atomic mass is 10.2. The average molecular weight is 292 g/mol. The molecule has 1 heterocycles. The van der Waals surface area contributed by atoms with Crippen LogP contribution in [0.25, 0.3) is 0 Å². The van der Waals surface area contributed by atoms with Crippen molar-refractivity contribution in [2.75, 3.05) is 19.6 Å². The molecule has 0 radical (unpaired) electrons. The highest BCUT2D eigenvalue weighted by molar-refractivity contribution is 5.07. The van der Waals surface area contributed by atoms with Gasteiger partial charge in [-0.2, -0.15) is 13.2 Å². The van der Waals surface area contributed by atoms with Crippen molar-refractivity contribution < 1.29 is 17.6 Å². The maximum absolute atomic E-state index is 12.4. The van der Waals surface area contributed by atoms with E-state index >= 15 is 0 Å². The van der Waals surface area contributed by atoms with Crippen LogP contribution in [0.4, 0.5) is 13.2 Å². The molecule has 3 nitrogen and oxygen atoms in total. The van der Waals surface area contributed by atoms with Gasteiger partial charge in [0, 0.05) is 0 Å². The van der Waals surface area contributed by atoms with E-state index in [-0.39, 0.29) is 6.54 Å². The second kappa shape index (κ2) is 7.69. The molecule has 1 rings (SSSR count). The van der Waals surface area contributed by atoms with Crippen LogP contribution in [0.2, 0.25) is 0 Å². The van der Waals surface area contributed by atoms with Gasteiger partial charge in [0.05, 0.1) is 19.6 Å². The van der Waals surface area contributed by atoms with E-state index < -0.39 is 12.7 Å². The Morgan fingerprint density at radius 3 is 2.45 bits per heavy atom. The fraction of sp³-hybridized carbons (Fsp3) is 0.714. The van der Waals surface area contributed by atoms with Crippen molar-refractivity contribution in [1.29, 1.82) is 0 Å². The molecule has 0 fully saturated rings. The first-order valence-electron chi connectivity index (χ1n) is 6.87. The van der Waals surface area contributed by atoms with Crippen LogP contribution in [-0.2, 0) is 13.1 Å². The van der Waals surface area contributed by atoms with Gasteiger partial charge in [-0.25, -0.2) is 0 Å². The van der Waals surface area contributed by atoms with Gasteiger partial charge in [-0.15, -0.1) is 0 Å². The Morgan fingerprint density at radius 2 is 1.90 bits per heavy atom. The summed E-state index contributed by atoms with van der Waals surface area (Å²) in [7, 11) is 0. The van der Waals surface area contributed by atoms with Gasteiger partial charge in [0.15, 0.2) is 0 Å². The molecule has 1 N–H and O–H groups in total. The van der Waals surface area contributed by atoms with Crippen molar-refractivity contribution in [1.82, 2.24) is 10.2 Å². The lowest BCUT2D eigenvalue weighted by Gasteiger charge is -2.20. The Kier molecular flexibility index (Phi) is 6.55. The lowest BCUT2D eigenvalue weighted by molar-refractivity contribution is -0.147. The zero-order valence-corrected chi connectivity index (χ0v) is 12.3. The number of halogens is 3. The number of hydrogen-bond acceptors (Lipinski definition) is 3. The molecular formula is C14H23F3N2O. The standard InChI is InChI=1S/C14H23F3N2O/c1-4-19(10-14(15,16)17)9-13-6-5-12(20-13)8-18-7-11(2)3/h5-6,11,18H,4,7-10H2,1-3H3. The molecule has 0 atom stereocenters. The molecule has 20 heavy (non-hydrogen) atoms. The van der Waals surface area contributed by atoms with Gasteiger partial charge in [0.25, 0.3) is 0 Å². The molecule has 0 aromatic carbocycles. The molecule has 0 aliphatic rings. The van der Waals surface area contributed by atoms with Crippen molar-refractivity contribution in [2.45, 2.75) is 40.0 Å². The predicted octanol–water partition coefficient (Wildman–Crippen LogP) is 3.41. The topological polar surface area (TPSA) is 28.4 Å². The summed E-state index contributed by atoms with van der Waals surface area (Å²) in [5.74, 6) is 1.87. The minimum Gasteiger partial charge on any atom is -0.463 e. The second-order valence-corrected chi connectivity index (χ2v) is 5.31. The Morgan fingerprint density at radius 1 is 1.25 bits per heavy atom. The van der Waals surface area contributed by atoms with E-state index in [9.17, 15) is 13.2 Å². The van der Waals surface area contributed by atoms with Crippen molar-refractivity contribution in [3.05, 3.63) is 23.7 Å². The van der Waals surface area contributed by atoms with E-state index in [0.29, 0.717) is 24.8 Å². The molecular weight excluding hydrogens is 269 g/mol. The monoisotopic (exact) mass is 292 g/mol. The summed E-state index contributed by atoms with van der Waals surface area (Å²) >= 11 is 0. The Hall–Kier alpha value is -1.01. The van der Waals surface area contributed by atoms with Crippen LogP contribution in [0.3, 0.4) is 0 Å². The van der Waals surface area contributed by atoms with E-state index in [1.807, 2.05) is 6.07 Å². The normalized spacial score (nSPS) is 12.6. The van der Waals surface area contributed by atoms with E-state index in [0.717, 1.165) is 12.3 Å². The summed E-state index contributed by atoms with van der Waals surface area (Å²) < 4.78 is 42.6. The first kappa shape index (κ1) is 17.0. The molecule has 0 spiro atoms. The van der Waals surface area contributed by atoms with Crippen LogP contribution in [0, 0.1) is 5.92 Å². The highest BCUT2D eigenvalue weighted by Gasteiger charge is 2.30. The lowest BCUT2D eigenvalue weighted by Crippen LogP contribution is -2.33. The third-order valence-electron chi connectivity index (χ3n) is 2.80. The van der Waals surface area contributed by atoms with E-state index in [1.165, 1.54) is 4.90 Å². The Labute approximate surface area is 118 Å². The molecule has 6 heteroatoms. The molecule has 0 amide bonds. The molecule has 1 aromatic heterocycles. The molecule has 0 aliphatic carbocycles. The maximum Gasteiger partial charge on any atom is 0.401 e. The fourth-order valence-corrected chi connectivity index (χ4v) is 1.84. The highest BCUT2D eigenvalue weighted by Crippen LogP contribution is 2.18. The molecule has 0 bridgehead atoms. The van der Waals surface area contributed by atoms with Crippen LogP contribution in [0.15, 0.2) is 16.5 Å². The van der Waals surface area contributed by atoms with Gasteiger partial charge < -0.3 is 9.73 Å². The molecule has 1 aromatic rings. The van der Waals surface area contributed by atoms with Gasteiger partial charge >= 0.3 is 6.18 Å². The predicted molar refractivity (Wildman–Crippen MR) is 72.3 cm³/mol. The molecule has 0 unspecified atom stereocenters. The number of alkyl halides is 3. The first-order chi connectivity index (χ1) is 9.30. The summed E-state index contributed by atoms with van der Waals surface area (Å²) in [4.78, 5) is 1.31. The summed E-state index contributed by atoms with van der Waals surface area (Å²) in [5, 5.41) is 3.23. The van der Waals surface area contributed by atoms with E-state index in [2.05, 4.69) is 19.2 Å². The Bertz CT molecular complexity index is 388. The van der Waals surface area contributed by atoms with Crippen LogP contribution in [0.5, 0.6) is 0 Å². The third-order valence-corrected chi connectivity index (χ3v) is 2.80. The average Bonchev–Trinajstić information content (AvgIpc) is 2.73. The van der Waals surface area contributed by atoms with Gasteiger partial charge in [0.2, 0.25) is 0 Å². The van der Waals surface area contributed by atoms with Crippen molar-refractivity contribution in [3.63, 3.8) is 0 Å². The molecule has 0 aliphatic heterocycles. The highest BCUT2D eigenvalue weighted by atomic mass is 19.4. The summed E-state index contributed by atoms with van der Waals surface area (Å²) in [5.41, 5.74) is 0. The van der Waals surface area contributed by atoms with Gasteiger partial charge in [-0.3, -0.25) is 4.90 Å². The summed E-state index contributed by atoms with van der Waals surface area (Å²) in [6.45, 7) is 7.01. The van der Waals surface area contributed by atoms with Gasteiger partial charge in [-0.05, 0) is 31.1 Å². The SMILES string of the molecule is CCN(Cc1ccc(CNCC(C)C)o1)CC(F)(F)F. The fourth-order valence-electron chi connectivity index (χ4n) is 1.84. The van der Waals surface area contributed by atoms with Crippen molar-refractivity contribution in [3.8, 4) is 0 Å². The first-order valence-corrected chi connectivity index (χ1v) is 6.87. The summed E-state index contributed by atoms with van der Waals surface area (Å²) in [6, 6.07) is 3.55. The zero-order chi connectivity index (χ0) is 15.2.